The number of hydrogen-bond acceptors (Lipinski definition) is 4. The third kappa shape index (κ3) is 4.95. The zero-order valence-electron chi connectivity index (χ0n) is 13.8. The maximum absolute atomic E-state index is 12.2. The van der Waals surface area contributed by atoms with E-state index in [4.69, 9.17) is 4.74 Å². The van der Waals surface area contributed by atoms with Gasteiger partial charge < -0.3 is 15.0 Å². The van der Waals surface area contributed by atoms with Crippen molar-refractivity contribution in [2.24, 2.45) is 11.8 Å². The standard InChI is InChI=1S/C16H29N3O3/c1-3-4-6-18(2)16(21)14-12-13(14)15(20)17-5-7-19-8-10-22-11-9-19/h13-14H,3-12H2,1-2H3,(H,17,20). The van der Waals surface area contributed by atoms with Gasteiger partial charge in [-0.25, -0.2) is 0 Å². The van der Waals surface area contributed by atoms with Gasteiger partial charge in [-0.1, -0.05) is 13.3 Å². The number of hydrogen-bond donors (Lipinski definition) is 1. The van der Waals surface area contributed by atoms with Crippen molar-refractivity contribution in [3.63, 3.8) is 0 Å². The Labute approximate surface area is 133 Å². The van der Waals surface area contributed by atoms with Crippen molar-refractivity contribution >= 4 is 11.8 Å². The van der Waals surface area contributed by atoms with Crippen molar-refractivity contribution in [2.45, 2.75) is 26.2 Å². The highest BCUT2D eigenvalue weighted by molar-refractivity contribution is 5.92. The van der Waals surface area contributed by atoms with E-state index in [2.05, 4.69) is 17.1 Å². The second kappa shape index (κ2) is 8.48. The van der Waals surface area contributed by atoms with E-state index < -0.39 is 0 Å². The van der Waals surface area contributed by atoms with E-state index in [-0.39, 0.29) is 23.7 Å². The van der Waals surface area contributed by atoms with E-state index >= 15 is 0 Å². The van der Waals surface area contributed by atoms with Crippen LogP contribution in [0.25, 0.3) is 0 Å². The molecule has 1 aliphatic heterocycles. The molecule has 0 aromatic rings. The average molecular weight is 311 g/mol. The Hall–Kier alpha value is -1.14. The average Bonchev–Trinajstić information content (AvgIpc) is 3.33. The molecule has 1 aliphatic carbocycles. The minimum atomic E-state index is -0.110. The first-order chi connectivity index (χ1) is 10.6. The summed E-state index contributed by atoms with van der Waals surface area (Å²) in [6, 6.07) is 0. The molecular weight excluding hydrogens is 282 g/mol. The Morgan fingerprint density at radius 2 is 2.00 bits per heavy atom. The van der Waals surface area contributed by atoms with Gasteiger partial charge in [-0.15, -0.1) is 0 Å². The highest BCUT2D eigenvalue weighted by Crippen LogP contribution is 2.39. The smallest absolute Gasteiger partial charge is 0.226 e. The molecule has 6 heteroatoms. The Kier molecular flexibility index (Phi) is 6.64. The summed E-state index contributed by atoms with van der Waals surface area (Å²) in [5.74, 6) is -0.0382. The van der Waals surface area contributed by atoms with Gasteiger partial charge in [0.15, 0.2) is 0 Å². The van der Waals surface area contributed by atoms with Crippen LogP contribution in [0.4, 0.5) is 0 Å². The van der Waals surface area contributed by atoms with Crippen LogP contribution >= 0.6 is 0 Å². The molecule has 2 aliphatic rings. The van der Waals surface area contributed by atoms with Gasteiger partial charge >= 0.3 is 0 Å². The summed E-state index contributed by atoms with van der Waals surface area (Å²) in [5.41, 5.74) is 0. The van der Waals surface area contributed by atoms with Crippen LogP contribution in [0.3, 0.4) is 0 Å². The van der Waals surface area contributed by atoms with Crippen LogP contribution in [0.5, 0.6) is 0 Å². The van der Waals surface area contributed by atoms with Gasteiger partial charge in [-0.3, -0.25) is 14.5 Å². The molecule has 1 saturated heterocycles. The number of nitrogens with one attached hydrogen (secondary N) is 1. The van der Waals surface area contributed by atoms with Crippen molar-refractivity contribution in [2.75, 3.05) is 53.0 Å². The molecule has 1 heterocycles. The molecule has 0 bridgehead atoms. The highest BCUT2D eigenvalue weighted by atomic mass is 16.5. The van der Waals surface area contributed by atoms with Crippen molar-refractivity contribution in [3.05, 3.63) is 0 Å². The lowest BCUT2D eigenvalue weighted by molar-refractivity contribution is -0.133. The quantitative estimate of drug-likeness (QED) is 0.702. The van der Waals surface area contributed by atoms with Crippen molar-refractivity contribution in [3.8, 4) is 0 Å². The molecule has 0 aromatic carbocycles. The van der Waals surface area contributed by atoms with Crippen LogP contribution in [-0.2, 0) is 14.3 Å². The summed E-state index contributed by atoms with van der Waals surface area (Å²) in [6.07, 6.45) is 2.80. The van der Waals surface area contributed by atoms with Gasteiger partial charge in [0, 0.05) is 39.8 Å². The van der Waals surface area contributed by atoms with Gasteiger partial charge in [0.2, 0.25) is 11.8 Å². The summed E-state index contributed by atoms with van der Waals surface area (Å²) in [6.45, 7) is 7.83. The van der Waals surface area contributed by atoms with E-state index in [1.165, 1.54) is 0 Å². The molecule has 2 atom stereocenters. The number of morpholine rings is 1. The molecule has 126 valence electrons. The molecule has 0 aromatic heterocycles. The van der Waals surface area contributed by atoms with Crippen LogP contribution in [0.15, 0.2) is 0 Å². The fourth-order valence-corrected chi connectivity index (χ4v) is 2.84. The molecule has 6 nitrogen and oxygen atoms in total. The number of amides is 2. The normalized spacial score (nSPS) is 24.8. The summed E-state index contributed by atoms with van der Waals surface area (Å²) >= 11 is 0. The van der Waals surface area contributed by atoms with E-state index in [1.54, 1.807) is 4.90 Å². The summed E-state index contributed by atoms with van der Waals surface area (Å²) in [7, 11) is 1.84. The monoisotopic (exact) mass is 311 g/mol. The lowest BCUT2D eigenvalue weighted by atomic mass is 10.2. The minimum absolute atomic E-state index is 0.0375. The second-order valence-electron chi connectivity index (χ2n) is 6.31. The number of carbonyl (C=O) groups is 2. The Balaban J connectivity index is 1.61. The lowest BCUT2D eigenvalue weighted by Gasteiger charge is -2.26. The van der Waals surface area contributed by atoms with Crippen molar-refractivity contribution in [1.82, 2.24) is 15.1 Å². The number of nitrogens with zero attached hydrogens (tertiary/aromatic N) is 2. The molecule has 2 unspecified atom stereocenters. The van der Waals surface area contributed by atoms with E-state index in [1.807, 2.05) is 7.05 Å². The van der Waals surface area contributed by atoms with Gasteiger partial charge in [0.05, 0.1) is 25.0 Å². The summed E-state index contributed by atoms with van der Waals surface area (Å²) < 4.78 is 5.29. The maximum atomic E-state index is 12.2. The number of carbonyl (C=O) groups excluding carboxylic acids is 2. The molecule has 1 saturated carbocycles. The SMILES string of the molecule is CCCCN(C)C(=O)C1CC1C(=O)NCCN1CCOCC1. The fourth-order valence-electron chi connectivity index (χ4n) is 2.84. The summed E-state index contributed by atoms with van der Waals surface area (Å²) in [5, 5.41) is 2.97. The van der Waals surface area contributed by atoms with Crippen LogP contribution in [0.1, 0.15) is 26.2 Å². The third-order valence-corrected chi connectivity index (χ3v) is 4.50. The van der Waals surface area contributed by atoms with E-state index in [0.717, 1.165) is 52.2 Å². The van der Waals surface area contributed by atoms with Gasteiger partial charge in [0.25, 0.3) is 0 Å². The van der Waals surface area contributed by atoms with Crippen LogP contribution < -0.4 is 5.32 Å². The topological polar surface area (TPSA) is 61.9 Å². The summed E-state index contributed by atoms with van der Waals surface area (Å²) in [4.78, 5) is 28.3. The molecular formula is C16H29N3O3. The number of unbranched alkanes of at least 4 members (excludes halogenated alkanes) is 1. The van der Waals surface area contributed by atoms with E-state index in [0.29, 0.717) is 13.0 Å². The van der Waals surface area contributed by atoms with Gasteiger partial charge in [-0.2, -0.15) is 0 Å². The first kappa shape index (κ1) is 17.2. The highest BCUT2D eigenvalue weighted by Gasteiger charge is 2.48. The predicted molar refractivity (Wildman–Crippen MR) is 84.4 cm³/mol. The third-order valence-electron chi connectivity index (χ3n) is 4.50. The Morgan fingerprint density at radius 3 is 2.68 bits per heavy atom. The zero-order valence-corrected chi connectivity index (χ0v) is 13.8. The molecule has 1 N–H and O–H groups in total. The first-order valence-corrected chi connectivity index (χ1v) is 8.46. The van der Waals surface area contributed by atoms with Gasteiger partial charge in [-0.05, 0) is 12.8 Å². The Bertz CT molecular complexity index is 383. The zero-order chi connectivity index (χ0) is 15.9. The minimum Gasteiger partial charge on any atom is -0.379 e. The van der Waals surface area contributed by atoms with Crippen LogP contribution in [0, 0.1) is 11.8 Å². The molecule has 0 radical (unpaired) electrons. The van der Waals surface area contributed by atoms with Crippen molar-refractivity contribution < 1.29 is 14.3 Å². The first-order valence-electron chi connectivity index (χ1n) is 8.46. The molecule has 0 spiro atoms. The fraction of sp³-hybridized carbons (Fsp3) is 0.875. The van der Waals surface area contributed by atoms with Crippen LogP contribution in [0.2, 0.25) is 0 Å². The number of ether oxygens (including phenoxy) is 1. The Morgan fingerprint density at radius 1 is 1.27 bits per heavy atom. The van der Waals surface area contributed by atoms with Crippen molar-refractivity contribution in [1.29, 1.82) is 0 Å². The van der Waals surface area contributed by atoms with Crippen LogP contribution in [-0.4, -0.2) is 74.6 Å². The second-order valence-corrected chi connectivity index (χ2v) is 6.31. The molecule has 2 fully saturated rings. The maximum Gasteiger partial charge on any atom is 0.226 e. The predicted octanol–water partition coefficient (Wildman–Crippen LogP) is 0.329. The molecule has 2 amide bonds. The van der Waals surface area contributed by atoms with E-state index in [9.17, 15) is 9.59 Å². The molecule has 2 rings (SSSR count). The van der Waals surface area contributed by atoms with Gasteiger partial charge in [0.1, 0.15) is 0 Å². The molecule has 22 heavy (non-hydrogen) atoms. The lowest BCUT2D eigenvalue weighted by Crippen LogP contribution is -2.41. The number of rotatable bonds is 8. The largest absolute Gasteiger partial charge is 0.379 e.